The number of carbonyl (C=O) groups is 1. The smallest absolute Gasteiger partial charge is 0.256 e. The molecule has 0 bridgehead atoms. The molecule has 4 heteroatoms. The van der Waals surface area contributed by atoms with Crippen molar-refractivity contribution in [2.45, 2.75) is 6.17 Å². The van der Waals surface area contributed by atoms with Crippen LogP contribution in [0.1, 0.15) is 11.7 Å². The van der Waals surface area contributed by atoms with Crippen molar-refractivity contribution in [3.63, 3.8) is 0 Å². The Morgan fingerprint density at radius 1 is 1.42 bits per heavy atom. The summed E-state index contributed by atoms with van der Waals surface area (Å²) < 4.78 is 12.9. The highest BCUT2D eigenvalue weighted by molar-refractivity contribution is 6.30. The largest absolute Gasteiger partial charge is 0.367 e. The zero-order valence-corrected chi connectivity index (χ0v) is 6.88. The number of hydrogen-bond acceptors (Lipinski definition) is 1. The van der Waals surface area contributed by atoms with Gasteiger partial charge in [-0.05, 0) is 17.7 Å². The van der Waals surface area contributed by atoms with Gasteiger partial charge in [0.1, 0.15) is 0 Å². The maximum absolute atomic E-state index is 12.9. The van der Waals surface area contributed by atoms with E-state index in [0.29, 0.717) is 5.02 Å². The molecule has 2 nitrogen and oxygen atoms in total. The molecule has 2 N–H and O–H groups in total. The zero-order valence-electron chi connectivity index (χ0n) is 6.13. The Bertz CT molecular complexity index is 286. The topological polar surface area (TPSA) is 43.1 Å². The van der Waals surface area contributed by atoms with Crippen molar-refractivity contribution in [1.82, 2.24) is 0 Å². The molecule has 1 aromatic rings. The average molecular weight is 188 g/mol. The van der Waals surface area contributed by atoms with E-state index in [9.17, 15) is 9.18 Å². The molecule has 0 radical (unpaired) electrons. The van der Waals surface area contributed by atoms with Gasteiger partial charge in [-0.3, -0.25) is 4.79 Å². The lowest BCUT2D eigenvalue weighted by Crippen LogP contribution is -2.17. The van der Waals surface area contributed by atoms with Gasteiger partial charge in [-0.1, -0.05) is 23.7 Å². The van der Waals surface area contributed by atoms with Crippen molar-refractivity contribution in [2.24, 2.45) is 5.73 Å². The minimum Gasteiger partial charge on any atom is -0.367 e. The van der Waals surface area contributed by atoms with Crippen LogP contribution in [0.25, 0.3) is 0 Å². The summed E-state index contributed by atoms with van der Waals surface area (Å²) in [6, 6.07) is 5.87. The molecule has 0 aliphatic heterocycles. The molecule has 64 valence electrons. The summed E-state index contributed by atoms with van der Waals surface area (Å²) in [4.78, 5) is 10.4. The molecule has 1 aromatic carbocycles. The number of amides is 1. The Balaban J connectivity index is 2.89. The quantitative estimate of drug-likeness (QED) is 0.754. The molecule has 1 amide bonds. The number of carbonyl (C=O) groups excluding carboxylic acids is 1. The molecule has 0 aliphatic carbocycles. The van der Waals surface area contributed by atoms with E-state index in [-0.39, 0.29) is 5.56 Å². The van der Waals surface area contributed by atoms with Crippen molar-refractivity contribution in [1.29, 1.82) is 0 Å². The molecule has 0 saturated heterocycles. The fourth-order valence-electron chi connectivity index (χ4n) is 0.796. The van der Waals surface area contributed by atoms with Crippen molar-refractivity contribution in [3.8, 4) is 0 Å². The molecule has 0 saturated carbocycles. The molecular weight excluding hydrogens is 181 g/mol. The van der Waals surface area contributed by atoms with Gasteiger partial charge < -0.3 is 5.73 Å². The number of hydrogen-bond donors (Lipinski definition) is 1. The summed E-state index contributed by atoms with van der Waals surface area (Å²) in [5.74, 6) is -0.989. The monoisotopic (exact) mass is 187 g/mol. The number of primary amides is 1. The van der Waals surface area contributed by atoms with Crippen LogP contribution in [0.3, 0.4) is 0 Å². The predicted molar refractivity (Wildman–Crippen MR) is 44.5 cm³/mol. The summed E-state index contributed by atoms with van der Waals surface area (Å²) >= 11 is 5.56. The second-order valence-electron chi connectivity index (χ2n) is 2.32. The number of halogens is 2. The normalized spacial score (nSPS) is 12.5. The lowest BCUT2D eigenvalue weighted by molar-refractivity contribution is -0.122. The summed E-state index contributed by atoms with van der Waals surface area (Å²) in [6.45, 7) is 0. The van der Waals surface area contributed by atoms with E-state index in [4.69, 9.17) is 17.3 Å². The van der Waals surface area contributed by atoms with E-state index < -0.39 is 12.1 Å². The van der Waals surface area contributed by atoms with E-state index in [0.717, 1.165) is 0 Å². The van der Waals surface area contributed by atoms with Crippen molar-refractivity contribution < 1.29 is 9.18 Å². The summed E-state index contributed by atoms with van der Waals surface area (Å²) in [5, 5.41) is 0.496. The third-order valence-corrected chi connectivity index (χ3v) is 1.66. The van der Waals surface area contributed by atoms with E-state index in [2.05, 4.69) is 0 Å². The maximum Gasteiger partial charge on any atom is 0.256 e. The third kappa shape index (κ3) is 1.95. The number of rotatable bonds is 2. The van der Waals surface area contributed by atoms with Crippen molar-refractivity contribution in [3.05, 3.63) is 34.9 Å². The second kappa shape index (κ2) is 3.54. The summed E-state index contributed by atoms with van der Waals surface area (Å²) in [6.07, 6.45) is -1.75. The van der Waals surface area contributed by atoms with Crippen LogP contribution in [-0.4, -0.2) is 5.91 Å². The highest BCUT2D eigenvalue weighted by Crippen LogP contribution is 2.18. The van der Waals surface area contributed by atoms with Crippen LogP contribution >= 0.6 is 11.6 Å². The highest BCUT2D eigenvalue weighted by Gasteiger charge is 2.15. The number of benzene rings is 1. The summed E-state index contributed by atoms with van der Waals surface area (Å²) in [7, 11) is 0. The summed E-state index contributed by atoms with van der Waals surface area (Å²) in [5.41, 5.74) is 4.99. The first-order chi connectivity index (χ1) is 5.61. The molecule has 0 spiro atoms. The molecule has 1 unspecified atom stereocenters. The van der Waals surface area contributed by atoms with Crippen molar-refractivity contribution >= 4 is 17.5 Å². The van der Waals surface area contributed by atoms with E-state index in [1.165, 1.54) is 24.3 Å². The lowest BCUT2D eigenvalue weighted by Gasteiger charge is -2.02. The fraction of sp³-hybridized carbons (Fsp3) is 0.125. The first-order valence-electron chi connectivity index (χ1n) is 3.30. The highest BCUT2D eigenvalue weighted by atomic mass is 35.5. The van der Waals surface area contributed by atoms with Gasteiger partial charge in [-0.25, -0.2) is 4.39 Å². The van der Waals surface area contributed by atoms with Gasteiger partial charge in [0.15, 0.2) is 0 Å². The van der Waals surface area contributed by atoms with Crippen molar-refractivity contribution in [2.75, 3.05) is 0 Å². The standard InChI is InChI=1S/C8H7ClFNO/c9-6-3-1-5(2-4-6)7(10)8(11)12/h1-4,7H,(H2,11,12). The van der Waals surface area contributed by atoms with Gasteiger partial charge in [0.05, 0.1) is 0 Å². The first-order valence-corrected chi connectivity index (χ1v) is 3.68. The molecule has 0 heterocycles. The Hall–Kier alpha value is -1.09. The van der Waals surface area contributed by atoms with Crippen LogP contribution in [0.4, 0.5) is 4.39 Å². The zero-order chi connectivity index (χ0) is 9.14. The molecule has 0 fully saturated rings. The number of alkyl halides is 1. The fourth-order valence-corrected chi connectivity index (χ4v) is 0.922. The SMILES string of the molecule is NC(=O)C(F)c1ccc(Cl)cc1. The van der Waals surface area contributed by atoms with E-state index >= 15 is 0 Å². The van der Waals surface area contributed by atoms with Crippen LogP contribution in [0.15, 0.2) is 24.3 Å². The first kappa shape index (κ1) is 9.00. The van der Waals surface area contributed by atoms with Crippen LogP contribution in [0.2, 0.25) is 5.02 Å². The predicted octanol–water partition coefficient (Wildman–Crippen LogP) is 1.84. The van der Waals surface area contributed by atoms with Gasteiger partial charge in [-0.2, -0.15) is 0 Å². The molecule has 1 rings (SSSR count). The Morgan fingerprint density at radius 2 is 1.92 bits per heavy atom. The van der Waals surface area contributed by atoms with Gasteiger partial charge in [-0.15, -0.1) is 0 Å². The molecule has 0 aromatic heterocycles. The Kier molecular flexibility index (Phi) is 2.65. The molecular formula is C8H7ClFNO. The van der Waals surface area contributed by atoms with Crippen LogP contribution < -0.4 is 5.73 Å². The molecule has 12 heavy (non-hydrogen) atoms. The maximum atomic E-state index is 12.9. The van der Waals surface area contributed by atoms with Crippen LogP contribution in [0, 0.1) is 0 Å². The molecule has 1 atom stereocenters. The minimum absolute atomic E-state index is 0.229. The van der Waals surface area contributed by atoms with Crippen LogP contribution in [-0.2, 0) is 4.79 Å². The van der Waals surface area contributed by atoms with E-state index in [1.807, 2.05) is 0 Å². The Morgan fingerprint density at radius 3 is 2.33 bits per heavy atom. The van der Waals surface area contributed by atoms with E-state index in [1.54, 1.807) is 0 Å². The van der Waals surface area contributed by atoms with Gasteiger partial charge in [0.25, 0.3) is 5.91 Å². The molecule has 0 aliphatic rings. The van der Waals surface area contributed by atoms with Gasteiger partial charge in [0, 0.05) is 5.02 Å². The minimum atomic E-state index is -1.75. The third-order valence-electron chi connectivity index (χ3n) is 1.41. The van der Waals surface area contributed by atoms with Gasteiger partial charge in [0.2, 0.25) is 6.17 Å². The lowest BCUT2D eigenvalue weighted by atomic mass is 10.1. The average Bonchev–Trinajstić information content (AvgIpc) is 2.04. The Labute approximate surface area is 74.1 Å². The second-order valence-corrected chi connectivity index (χ2v) is 2.75. The number of nitrogens with two attached hydrogens (primary N) is 1. The van der Waals surface area contributed by atoms with Crippen LogP contribution in [0.5, 0.6) is 0 Å². The van der Waals surface area contributed by atoms with Gasteiger partial charge >= 0.3 is 0 Å².